The summed E-state index contributed by atoms with van der Waals surface area (Å²) in [6.45, 7) is 0.700. The molecule has 96 valence electrons. The van der Waals surface area contributed by atoms with Crippen molar-refractivity contribution in [2.45, 2.75) is 11.4 Å². The van der Waals surface area contributed by atoms with Crippen LogP contribution in [0.5, 0.6) is 0 Å². The third-order valence-electron chi connectivity index (χ3n) is 2.21. The number of sulfonamides is 1. The minimum absolute atomic E-state index is 0.232. The van der Waals surface area contributed by atoms with Gasteiger partial charge in [-0.25, -0.2) is 13.1 Å². The third kappa shape index (κ3) is 3.37. The van der Waals surface area contributed by atoms with Gasteiger partial charge in [-0.2, -0.15) is 0 Å². The fourth-order valence-electron chi connectivity index (χ4n) is 1.36. The quantitative estimate of drug-likeness (QED) is 0.887. The Balaban J connectivity index is 1.99. The molecule has 1 aromatic heterocycles. The number of benzene rings is 1. The summed E-state index contributed by atoms with van der Waals surface area (Å²) in [4.78, 5) is 0.232. The lowest BCUT2D eigenvalue weighted by Crippen LogP contribution is -2.27. The standard InChI is InChI=1S/C10H11BrN4O2S/c11-9-2-1-3-10(8-9)18(16,17)13-5-7-15-6-4-12-14-15/h1-4,6,8,13H,5,7H2. The van der Waals surface area contributed by atoms with Crippen molar-refractivity contribution in [1.82, 2.24) is 19.7 Å². The molecule has 0 saturated carbocycles. The molecule has 1 heterocycles. The Labute approximate surface area is 113 Å². The average Bonchev–Trinajstić information content (AvgIpc) is 2.82. The number of nitrogens with zero attached hydrogens (tertiary/aromatic N) is 3. The molecule has 0 spiro atoms. The minimum atomic E-state index is -3.48. The van der Waals surface area contributed by atoms with Crippen LogP contribution in [-0.2, 0) is 16.6 Å². The summed E-state index contributed by atoms with van der Waals surface area (Å²) >= 11 is 3.24. The highest BCUT2D eigenvalue weighted by molar-refractivity contribution is 9.10. The Morgan fingerprint density at radius 1 is 1.39 bits per heavy atom. The SMILES string of the molecule is O=S(=O)(NCCn1ccnn1)c1cccc(Br)c1. The summed E-state index contributed by atoms with van der Waals surface area (Å²) in [6.07, 6.45) is 3.22. The van der Waals surface area contributed by atoms with Crippen LogP contribution in [-0.4, -0.2) is 30.0 Å². The lowest BCUT2D eigenvalue weighted by atomic mass is 10.4. The van der Waals surface area contributed by atoms with Crippen LogP contribution in [0.3, 0.4) is 0 Å². The van der Waals surface area contributed by atoms with Gasteiger partial charge in [0.25, 0.3) is 0 Å². The molecule has 6 nitrogen and oxygen atoms in total. The molecule has 0 amide bonds. The lowest BCUT2D eigenvalue weighted by molar-refractivity contribution is 0.553. The molecule has 0 radical (unpaired) electrons. The van der Waals surface area contributed by atoms with Gasteiger partial charge >= 0.3 is 0 Å². The van der Waals surface area contributed by atoms with Gasteiger partial charge in [0.1, 0.15) is 0 Å². The van der Waals surface area contributed by atoms with Crippen LogP contribution < -0.4 is 4.72 Å². The second-order valence-corrected chi connectivity index (χ2v) is 6.20. The topological polar surface area (TPSA) is 76.9 Å². The molecule has 2 rings (SSSR count). The van der Waals surface area contributed by atoms with E-state index < -0.39 is 10.0 Å². The number of hydrogen-bond acceptors (Lipinski definition) is 4. The van der Waals surface area contributed by atoms with Crippen molar-refractivity contribution >= 4 is 26.0 Å². The van der Waals surface area contributed by atoms with Crippen LogP contribution in [0.25, 0.3) is 0 Å². The molecule has 2 aromatic rings. The summed E-state index contributed by atoms with van der Waals surface area (Å²) in [5.74, 6) is 0. The largest absolute Gasteiger partial charge is 0.251 e. The van der Waals surface area contributed by atoms with Gasteiger partial charge in [-0.3, -0.25) is 4.68 Å². The monoisotopic (exact) mass is 330 g/mol. The number of nitrogens with one attached hydrogen (secondary N) is 1. The molecule has 0 saturated heterocycles. The number of rotatable bonds is 5. The van der Waals surface area contributed by atoms with E-state index in [0.29, 0.717) is 6.54 Å². The molecule has 0 bridgehead atoms. The summed E-state index contributed by atoms with van der Waals surface area (Å²) in [7, 11) is -3.48. The molecule has 0 aliphatic heterocycles. The highest BCUT2D eigenvalue weighted by Crippen LogP contribution is 2.15. The van der Waals surface area contributed by atoms with Gasteiger partial charge < -0.3 is 0 Å². The number of aromatic nitrogens is 3. The first-order valence-electron chi connectivity index (χ1n) is 5.17. The molecule has 0 fully saturated rings. The predicted octanol–water partition coefficient (Wildman–Crippen LogP) is 1.02. The van der Waals surface area contributed by atoms with Gasteiger partial charge in [0.15, 0.2) is 0 Å². The molecule has 0 atom stereocenters. The van der Waals surface area contributed by atoms with E-state index in [1.54, 1.807) is 41.3 Å². The first-order valence-corrected chi connectivity index (χ1v) is 7.45. The number of halogens is 1. The van der Waals surface area contributed by atoms with E-state index in [4.69, 9.17) is 0 Å². The first-order chi connectivity index (χ1) is 8.58. The van der Waals surface area contributed by atoms with Crippen LogP contribution in [0.2, 0.25) is 0 Å². The zero-order valence-corrected chi connectivity index (χ0v) is 11.7. The summed E-state index contributed by atoms with van der Waals surface area (Å²) in [6, 6.07) is 6.55. The molecule has 8 heteroatoms. The Morgan fingerprint density at radius 3 is 2.89 bits per heavy atom. The van der Waals surface area contributed by atoms with Gasteiger partial charge in [-0.05, 0) is 18.2 Å². The van der Waals surface area contributed by atoms with E-state index >= 15 is 0 Å². The summed E-state index contributed by atoms with van der Waals surface area (Å²) in [5.41, 5.74) is 0. The van der Waals surface area contributed by atoms with Crippen molar-refractivity contribution in [2.24, 2.45) is 0 Å². The van der Waals surface area contributed by atoms with E-state index in [0.717, 1.165) is 4.47 Å². The van der Waals surface area contributed by atoms with E-state index in [2.05, 4.69) is 31.0 Å². The van der Waals surface area contributed by atoms with Gasteiger partial charge in [-0.1, -0.05) is 27.2 Å². The van der Waals surface area contributed by atoms with Crippen LogP contribution in [0.1, 0.15) is 0 Å². The molecule has 1 aromatic carbocycles. The summed E-state index contributed by atoms with van der Waals surface area (Å²) in [5, 5.41) is 7.38. The van der Waals surface area contributed by atoms with Crippen LogP contribution >= 0.6 is 15.9 Å². The Kier molecular flexibility index (Phi) is 4.10. The van der Waals surface area contributed by atoms with Gasteiger partial charge in [0, 0.05) is 17.2 Å². The molecule has 18 heavy (non-hydrogen) atoms. The zero-order valence-electron chi connectivity index (χ0n) is 9.32. The van der Waals surface area contributed by atoms with E-state index in [9.17, 15) is 8.42 Å². The fraction of sp³-hybridized carbons (Fsp3) is 0.200. The maximum Gasteiger partial charge on any atom is 0.240 e. The van der Waals surface area contributed by atoms with E-state index in [-0.39, 0.29) is 11.4 Å². The van der Waals surface area contributed by atoms with Crippen molar-refractivity contribution in [3.63, 3.8) is 0 Å². The third-order valence-corrected chi connectivity index (χ3v) is 4.16. The average molecular weight is 331 g/mol. The van der Waals surface area contributed by atoms with Crippen LogP contribution in [0.4, 0.5) is 0 Å². The lowest BCUT2D eigenvalue weighted by Gasteiger charge is -2.06. The van der Waals surface area contributed by atoms with E-state index in [1.165, 1.54) is 0 Å². The Bertz CT molecular complexity index is 613. The molecule has 0 aliphatic carbocycles. The Hall–Kier alpha value is -1.25. The number of hydrogen-bond donors (Lipinski definition) is 1. The molecular formula is C10H11BrN4O2S. The maximum absolute atomic E-state index is 11.9. The highest BCUT2D eigenvalue weighted by Gasteiger charge is 2.13. The normalized spacial score (nSPS) is 11.6. The molecular weight excluding hydrogens is 320 g/mol. The van der Waals surface area contributed by atoms with Crippen molar-refractivity contribution < 1.29 is 8.42 Å². The van der Waals surface area contributed by atoms with Crippen molar-refractivity contribution in [3.8, 4) is 0 Å². The molecule has 0 unspecified atom stereocenters. The second-order valence-electron chi connectivity index (χ2n) is 3.52. The molecule has 0 aliphatic rings. The van der Waals surface area contributed by atoms with Gasteiger partial charge in [0.2, 0.25) is 10.0 Å². The first kappa shape index (κ1) is 13.2. The van der Waals surface area contributed by atoms with Crippen molar-refractivity contribution in [1.29, 1.82) is 0 Å². The van der Waals surface area contributed by atoms with Crippen molar-refractivity contribution in [3.05, 3.63) is 41.1 Å². The predicted molar refractivity (Wildman–Crippen MR) is 69.4 cm³/mol. The minimum Gasteiger partial charge on any atom is -0.251 e. The molecule has 1 N–H and O–H groups in total. The zero-order chi connectivity index (χ0) is 13.0. The fourth-order valence-corrected chi connectivity index (χ4v) is 2.98. The van der Waals surface area contributed by atoms with Crippen molar-refractivity contribution in [2.75, 3.05) is 6.54 Å². The Morgan fingerprint density at radius 2 is 2.22 bits per heavy atom. The smallest absolute Gasteiger partial charge is 0.240 e. The second kappa shape index (κ2) is 5.59. The van der Waals surface area contributed by atoms with Crippen LogP contribution in [0.15, 0.2) is 46.0 Å². The highest BCUT2D eigenvalue weighted by atomic mass is 79.9. The van der Waals surface area contributed by atoms with Gasteiger partial charge in [-0.15, -0.1) is 5.10 Å². The maximum atomic E-state index is 11.9. The van der Waals surface area contributed by atoms with E-state index in [1.807, 2.05) is 0 Å². The van der Waals surface area contributed by atoms with Crippen LogP contribution in [0, 0.1) is 0 Å². The van der Waals surface area contributed by atoms with Gasteiger partial charge in [0.05, 0.1) is 17.6 Å². The summed E-state index contributed by atoms with van der Waals surface area (Å²) < 4.78 is 28.7.